The first-order valence-corrected chi connectivity index (χ1v) is 10.4. The highest BCUT2D eigenvalue weighted by Crippen LogP contribution is 2.32. The van der Waals surface area contributed by atoms with E-state index in [1.807, 2.05) is 49.4 Å². The van der Waals surface area contributed by atoms with Crippen molar-refractivity contribution in [2.24, 2.45) is 0 Å². The molecule has 0 aliphatic carbocycles. The molecular weight excluding hydrogens is 364 g/mol. The van der Waals surface area contributed by atoms with Crippen LogP contribution >= 0.6 is 0 Å². The molecule has 29 heavy (non-hydrogen) atoms. The molecule has 0 aromatic heterocycles. The number of carbonyl (C=O) groups is 1. The molecule has 5 nitrogen and oxygen atoms in total. The zero-order chi connectivity index (χ0) is 20.2. The van der Waals surface area contributed by atoms with Gasteiger partial charge in [-0.25, -0.2) is 0 Å². The highest BCUT2D eigenvalue weighted by molar-refractivity contribution is 6.16. The van der Waals surface area contributed by atoms with E-state index in [4.69, 9.17) is 9.47 Å². The summed E-state index contributed by atoms with van der Waals surface area (Å²) in [5.41, 5.74) is 1.61. The number of carbonyl (C=O) groups excluding carboxylic acids is 1. The molecule has 1 amide bonds. The number of hydrogen-bond donors (Lipinski definition) is 1. The molecule has 1 fully saturated rings. The van der Waals surface area contributed by atoms with E-state index >= 15 is 0 Å². The van der Waals surface area contributed by atoms with E-state index < -0.39 is 6.10 Å². The number of hydrogen-bond acceptors (Lipinski definition) is 4. The van der Waals surface area contributed by atoms with E-state index in [9.17, 15) is 4.79 Å². The van der Waals surface area contributed by atoms with Crippen LogP contribution in [0, 0.1) is 0 Å². The standard InChI is InChI=1S/C24H28N2O3/c1-3-25-24(27)22-21-18(16-26-14-8-5-9-15-26)19(28-2)12-13-20(21)29-23(22)17-10-6-4-7-11-17/h4,6-7,10-13,16,23H,3,5,8-9,14-15H2,1-2H3,(H,25,27). The van der Waals surface area contributed by atoms with Gasteiger partial charge in [-0.1, -0.05) is 30.3 Å². The van der Waals surface area contributed by atoms with Crippen molar-refractivity contribution in [2.75, 3.05) is 26.7 Å². The van der Waals surface area contributed by atoms with Crippen LogP contribution in [-0.2, 0) is 4.79 Å². The SMILES string of the molecule is CCNC(=O)C1=c2c(ccc(OC)c2=CN2CCCCC2)OC1c1ccccc1. The Bertz CT molecular complexity index is 995. The third kappa shape index (κ3) is 3.82. The Morgan fingerprint density at radius 1 is 1.17 bits per heavy atom. The minimum atomic E-state index is -0.432. The summed E-state index contributed by atoms with van der Waals surface area (Å²) in [4.78, 5) is 15.5. The minimum Gasteiger partial charge on any atom is -0.496 e. The molecule has 0 radical (unpaired) electrons. The fourth-order valence-electron chi connectivity index (χ4n) is 4.16. The van der Waals surface area contributed by atoms with Gasteiger partial charge in [0.05, 0.1) is 12.7 Å². The number of benzene rings is 2. The van der Waals surface area contributed by atoms with Crippen molar-refractivity contribution in [1.82, 2.24) is 10.2 Å². The first-order chi connectivity index (χ1) is 14.2. The maximum absolute atomic E-state index is 13.1. The summed E-state index contributed by atoms with van der Waals surface area (Å²) in [5, 5.41) is 4.74. The molecule has 2 aliphatic rings. The van der Waals surface area contributed by atoms with E-state index in [1.54, 1.807) is 7.11 Å². The molecular formula is C24H28N2O3. The topological polar surface area (TPSA) is 50.8 Å². The number of nitrogens with zero attached hydrogens (tertiary/aromatic N) is 1. The predicted octanol–water partition coefficient (Wildman–Crippen LogP) is 2.34. The molecule has 2 aliphatic heterocycles. The molecule has 0 bridgehead atoms. The van der Waals surface area contributed by atoms with Crippen molar-refractivity contribution < 1.29 is 14.3 Å². The minimum absolute atomic E-state index is 0.0957. The van der Waals surface area contributed by atoms with Gasteiger partial charge in [0.25, 0.3) is 5.91 Å². The second-order valence-electron chi connectivity index (χ2n) is 7.46. The Kier molecular flexibility index (Phi) is 5.74. The highest BCUT2D eigenvalue weighted by Gasteiger charge is 2.32. The number of amides is 1. The van der Waals surface area contributed by atoms with Crippen LogP contribution in [0.3, 0.4) is 0 Å². The third-order valence-electron chi connectivity index (χ3n) is 5.55. The predicted molar refractivity (Wildman–Crippen MR) is 114 cm³/mol. The first-order valence-electron chi connectivity index (χ1n) is 10.4. The number of rotatable bonds is 5. The van der Waals surface area contributed by atoms with Crippen LogP contribution in [0.4, 0.5) is 0 Å². The molecule has 0 saturated carbocycles. The molecule has 1 N–H and O–H groups in total. The van der Waals surface area contributed by atoms with Crippen LogP contribution in [0.5, 0.6) is 11.5 Å². The Hall–Kier alpha value is -2.95. The van der Waals surface area contributed by atoms with Gasteiger partial charge in [-0.3, -0.25) is 4.79 Å². The first kappa shape index (κ1) is 19.4. The summed E-state index contributed by atoms with van der Waals surface area (Å²) >= 11 is 0. The van der Waals surface area contributed by atoms with Gasteiger partial charge in [0, 0.05) is 36.3 Å². The lowest BCUT2D eigenvalue weighted by Gasteiger charge is -2.25. The van der Waals surface area contributed by atoms with Gasteiger partial charge < -0.3 is 19.7 Å². The average Bonchev–Trinajstić information content (AvgIpc) is 3.16. The second kappa shape index (κ2) is 8.60. The molecule has 4 rings (SSSR count). The Morgan fingerprint density at radius 2 is 1.93 bits per heavy atom. The molecule has 1 atom stereocenters. The van der Waals surface area contributed by atoms with Crippen molar-refractivity contribution in [1.29, 1.82) is 0 Å². The molecule has 152 valence electrons. The molecule has 2 aromatic carbocycles. The largest absolute Gasteiger partial charge is 0.496 e. The molecule has 2 heterocycles. The third-order valence-corrected chi connectivity index (χ3v) is 5.55. The zero-order valence-corrected chi connectivity index (χ0v) is 17.1. The molecule has 1 saturated heterocycles. The summed E-state index contributed by atoms with van der Waals surface area (Å²) in [5.74, 6) is 1.39. The quantitative estimate of drug-likeness (QED) is 0.849. The van der Waals surface area contributed by atoms with Gasteiger partial charge in [-0.15, -0.1) is 0 Å². The van der Waals surface area contributed by atoms with Crippen molar-refractivity contribution in [3.8, 4) is 11.5 Å². The Labute approximate surface area is 171 Å². The van der Waals surface area contributed by atoms with Crippen molar-refractivity contribution in [3.05, 3.63) is 58.5 Å². The normalized spacial score (nSPS) is 19.0. The van der Waals surface area contributed by atoms with Crippen LogP contribution in [0.2, 0.25) is 0 Å². The van der Waals surface area contributed by atoms with Gasteiger partial charge >= 0.3 is 0 Å². The number of ether oxygens (including phenoxy) is 2. The van der Waals surface area contributed by atoms with E-state index in [0.29, 0.717) is 12.1 Å². The maximum Gasteiger partial charge on any atom is 0.252 e. The van der Waals surface area contributed by atoms with E-state index in [-0.39, 0.29) is 5.91 Å². The van der Waals surface area contributed by atoms with Crippen LogP contribution in [0.25, 0.3) is 11.8 Å². The van der Waals surface area contributed by atoms with Crippen molar-refractivity contribution in [2.45, 2.75) is 32.3 Å². The monoisotopic (exact) mass is 392 g/mol. The smallest absolute Gasteiger partial charge is 0.252 e. The summed E-state index contributed by atoms with van der Waals surface area (Å²) in [7, 11) is 1.67. The lowest BCUT2D eigenvalue weighted by Crippen LogP contribution is -2.37. The van der Waals surface area contributed by atoms with Crippen LogP contribution in [0.1, 0.15) is 37.9 Å². The van der Waals surface area contributed by atoms with Gasteiger partial charge in [-0.05, 0) is 43.9 Å². The summed E-state index contributed by atoms with van der Waals surface area (Å²) in [6.07, 6.45) is 5.35. The van der Waals surface area contributed by atoms with Crippen molar-refractivity contribution in [3.63, 3.8) is 0 Å². The molecule has 0 spiro atoms. The average molecular weight is 392 g/mol. The van der Waals surface area contributed by atoms with Gasteiger partial charge in [0.15, 0.2) is 6.10 Å². The summed E-state index contributed by atoms with van der Waals surface area (Å²) in [6.45, 7) is 4.53. The maximum atomic E-state index is 13.1. The molecule has 2 aromatic rings. The fourth-order valence-corrected chi connectivity index (χ4v) is 4.16. The van der Waals surface area contributed by atoms with Crippen LogP contribution in [0.15, 0.2) is 42.5 Å². The van der Waals surface area contributed by atoms with E-state index in [2.05, 4.69) is 16.4 Å². The second-order valence-corrected chi connectivity index (χ2v) is 7.46. The number of likely N-dealkylation sites (tertiary alicyclic amines) is 1. The van der Waals surface area contributed by atoms with Crippen LogP contribution < -0.4 is 25.2 Å². The lowest BCUT2D eigenvalue weighted by atomic mass is 9.99. The number of piperidine rings is 1. The highest BCUT2D eigenvalue weighted by atomic mass is 16.5. The summed E-state index contributed by atoms with van der Waals surface area (Å²) < 4.78 is 12.0. The van der Waals surface area contributed by atoms with Crippen molar-refractivity contribution >= 4 is 17.7 Å². The van der Waals surface area contributed by atoms with E-state index in [1.165, 1.54) is 19.3 Å². The Balaban J connectivity index is 1.96. The van der Waals surface area contributed by atoms with Crippen LogP contribution in [-0.4, -0.2) is 37.6 Å². The lowest BCUT2D eigenvalue weighted by molar-refractivity contribution is -0.116. The van der Waals surface area contributed by atoms with E-state index in [0.717, 1.165) is 40.6 Å². The van der Waals surface area contributed by atoms with Gasteiger partial charge in [-0.2, -0.15) is 0 Å². The summed E-state index contributed by atoms with van der Waals surface area (Å²) in [6, 6.07) is 13.7. The van der Waals surface area contributed by atoms with Gasteiger partial charge in [0.2, 0.25) is 0 Å². The molecule has 5 heteroatoms. The number of methoxy groups -OCH3 is 1. The number of nitrogens with one attached hydrogen (secondary N) is 1. The Morgan fingerprint density at radius 3 is 2.62 bits per heavy atom. The zero-order valence-electron chi connectivity index (χ0n) is 17.1. The van der Waals surface area contributed by atoms with Gasteiger partial charge in [0.1, 0.15) is 11.5 Å². The fraction of sp³-hybridized carbons (Fsp3) is 0.375. The molecule has 1 unspecified atom stereocenters. The number of fused-ring (bicyclic) bond motifs is 1.